The van der Waals surface area contributed by atoms with E-state index in [0.717, 1.165) is 33.9 Å². The third kappa shape index (κ3) is 6.93. The zero-order valence-electron chi connectivity index (χ0n) is 32.3. The summed E-state index contributed by atoms with van der Waals surface area (Å²) in [4.78, 5) is 12.5. The van der Waals surface area contributed by atoms with Gasteiger partial charge in [0.25, 0.3) is 0 Å². The van der Waals surface area contributed by atoms with E-state index in [2.05, 4.69) is 136 Å². The Labute approximate surface area is 320 Å². The maximum atomic E-state index is 6.71. The summed E-state index contributed by atoms with van der Waals surface area (Å²) in [5.41, 5.74) is 9.62. The van der Waals surface area contributed by atoms with Gasteiger partial charge in [-0.1, -0.05) is 111 Å². The van der Waals surface area contributed by atoms with Gasteiger partial charge in [0, 0.05) is 34.4 Å². The van der Waals surface area contributed by atoms with Crippen molar-refractivity contribution < 1.29 is 30.5 Å². The Kier molecular flexibility index (Phi) is 9.67. The van der Waals surface area contributed by atoms with Crippen LogP contribution in [0.25, 0.3) is 0 Å². The molecule has 6 heteroatoms. The van der Waals surface area contributed by atoms with Crippen LogP contribution in [0.15, 0.2) is 59.7 Å². The van der Waals surface area contributed by atoms with Crippen molar-refractivity contribution in [1.29, 1.82) is 0 Å². The van der Waals surface area contributed by atoms with Crippen molar-refractivity contribution in [3.8, 4) is 11.5 Å². The van der Waals surface area contributed by atoms with Crippen LogP contribution in [0, 0.1) is 31.9 Å². The standard InChI is InChI=1S/C45H53N3O2.Pt/c1-28-20-34(48-38-17-16-32(42(3,4)5)25-37(38)44(9,10)39-29(2)18-19-46-40(39)48)26-35(21-28)50-36-23-30(22-33(24-36)43(6,7)8)41-47-45(11,27-49-41)31-14-12-13-15-31;/h16-22,24-25,31H,12-15,27H2,1-11H3;/q-2;+2/t45-;/m0./s1. The summed E-state index contributed by atoms with van der Waals surface area (Å²) in [5.74, 6) is 3.43. The number of nitrogens with zero attached hydrogens (tertiary/aromatic N) is 3. The minimum atomic E-state index is -0.235. The van der Waals surface area contributed by atoms with E-state index in [1.54, 1.807) is 0 Å². The molecule has 0 spiro atoms. The van der Waals surface area contributed by atoms with E-state index in [1.165, 1.54) is 47.9 Å². The SMILES string of the molecule is Cc1cc(Oc2[c-]c(C3=N[C@](C)(C4CCCC4)CO3)cc(C(C)(C)C)c2)[c-]c(N2c3ccc(C(C)(C)C)cc3C(C)(C)c3c(C)ccnc32)c1.[Pt+2]. The van der Waals surface area contributed by atoms with Crippen LogP contribution in [-0.4, -0.2) is 23.0 Å². The van der Waals surface area contributed by atoms with Crippen molar-refractivity contribution in [2.75, 3.05) is 11.5 Å². The second-order valence-electron chi connectivity index (χ2n) is 17.7. The molecule has 51 heavy (non-hydrogen) atoms. The molecule has 1 saturated carbocycles. The van der Waals surface area contributed by atoms with Crippen LogP contribution >= 0.6 is 0 Å². The molecule has 1 aromatic heterocycles. The number of fused-ring (bicyclic) bond motifs is 2. The minimum absolute atomic E-state index is 0. The summed E-state index contributed by atoms with van der Waals surface area (Å²) < 4.78 is 13.0. The molecule has 1 atom stereocenters. The van der Waals surface area contributed by atoms with Gasteiger partial charge in [0.15, 0.2) is 0 Å². The number of hydrogen-bond donors (Lipinski definition) is 0. The van der Waals surface area contributed by atoms with Crippen LogP contribution in [0.5, 0.6) is 11.5 Å². The molecule has 1 aliphatic carbocycles. The van der Waals surface area contributed by atoms with Gasteiger partial charge >= 0.3 is 21.1 Å². The number of aliphatic imine (C=N–C) groups is 1. The number of anilines is 3. The largest absolute Gasteiger partial charge is 2.00 e. The second-order valence-corrected chi connectivity index (χ2v) is 17.7. The number of rotatable bonds is 5. The summed E-state index contributed by atoms with van der Waals surface area (Å²) in [7, 11) is 0. The van der Waals surface area contributed by atoms with Crippen molar-refractivity contribution >= 4 is 23.1 Å². The first-order chi connectivity index (χ1) is 23.4. The third-order valence-corrected chi connectivity index (χ3v) is 11.2. The topological polar surface area (TPSA) is 47.0 Å². The van der Waals surface area contributed by atoms with Crippen molar-refractivity contribution in [1.82, 2.24) is 4.98 Å². The maximum absolute atomic E-state index is 6.71. The molecular formula is C45H53N3O2Pt. The second kappa shape index (κ2) is 13.2. The zero-order chi connectivity index (χ0) is 35.8. The molecule has 3 aliphatic rings. The van der Waals surface area contributed by atoms with E-state index in [0.29, 0.717) is 29.9 Å². The summed E-state index contributed by atoms with van der Waals surface area (Å²) in [6, 6.07) is 24.7. The molecular weight excluding hydrogens is 810 g/mol. The van der Waals surface area contributed by atoms with E-state index in [-0.39, 0.29) is 42.8 Å². The number of ether oxygens (including phenoxy) is 2. The maximum Gasteiger partial charge on any atom is 2.00 e. The Morgan fingerprint density at radius 1 is 0.843 bits per heavy atom. The quantitative estimate of drug-likeness (QED) is 0.188. The van der Waals surface area contributed by atoms with Crippen LogP contribution in [-0.2, 0) is 42.0 Å². The first kappa shape index (κ1) is 37.3. The molecule has 4 aromatic rings. The Hall–Kier alpha value is -3.43. The van der Waals surface area contributed by atoms with Crippen LogP contribution < -0.4 is 9.64 Å². The average molecular weight is 863 g/mol. The summed E-state index contributed by atoms with van der Waals surface area (Å²) in [5, 5.41) is 0. The molecule has 1 fully saturated rings. The fraction of sp³-hybridized carbons (Fsp3) is 0.467. The normalized spacial score (nSPS) is 19.9. The third-order valence-electron chi connectivity index (χ3n) is 11.2. The molecule has 0 saturated heterocycles. The van der Waals surface area contributed by atoms with E-state index in [1.807, 2.05) is 12.3 Å². The van der Waals surface area contributed by atoms with Gasteiger partial charge in [0.05, 0.1) is 5.54 Å². The predicted molar refractivity (Wildman–Crippen MR) is 205 cm³/mol. The molecule has 3 heterocycles. The van der Waals surface area contributed by atoms with E-state index in [9.17, 15) is 0 Å². The van der Waals surface area contributed by atoms with Gasteiger partial charge in [0.2, 0.25) is 0 Å². The molecule has 3 aromatic carbocycles. The van der Waals surface area contributed by atoms with Crippen molar-refractivity contribution in [3.05, 3.63) is 106 Å². The molecule has 7 rings (SSSR count). The van der Waals surface area contributed by atoms with Crippen molar-refractivity contribution in [3.63, 3.8) is 0 Å². The van der Waals surface area contributed by atoms with Crippen molar-refractivity contribution in [2.24, 2.45) is 10.9 Å². The van der Waals surface area contributed by atoms with Crippen LogP contribution in [0.1, 0.15) is 127 Å². The summed E-state index contributed by atoms with van der Waals surface area (Å²) >= 11 is 0. The molecule has 0 unspecified atom stereocenters. The fourth-order valence-corrected chi connectivity index (χ4v) is 8.19. The number of hydrogen-bond acceptors (Lipinski definition) is 5. The summed E-state index contributed by atoms with van der Waals surface area (Å²) in [6.07, 6.45) is 6.92. The molecule has 0 radical (unpaired) electrons. The van der Waals surface area contributed by atoms with E-state index >= 15 is 0 Å². The smallest absolute Gasteiger partial charge is 0.518 e. The van der Waals surface area contributed by atoms with Gasteiger partial charge in [-0.2, -0.15) is 5.56 Å². The van der Waals surface area contributed by atoms with Gasteiger partial charge in [-0.05, 0) is 72.3 Å². The van der Waals surface area contributed by atoms with Gasteiger partial charge in [0.1, 0.15) is 18.3 Å². The van der Waals surface area contributed by atoms with E-state index < -0.39 is 0 Å². The van der Waals surface area contributed by atoms with Crippen LogP contribution in [0.4, 0.5) is 17.2 Å². The predicted octanol–water partition coefficient (Wildman–Crippen LogP) is 11.5. The molecule has 5 nitrogen and oxygen atoms in total. The van der Waals surface area contributed by atoms with Gasteiger partial charge in [-0.25, -0.2) is 4.98 Å². The summed E-state index contributed by atoms with van der Waals surface area (Å²) in [6.45, 7) is 25.3. The molecule has 0 N–H and O–H groups in total. The zero-order valence-corrected chi connectivity index (χ0v) is 34.6. The Bertz CT molecular complexity index is 1990. The molecule has 270 valence electrons. The number of aromatic nitrogens is 1. The van der Waals surface area contributed by atoms with Crippen LogP contribution in [0.3, 0.4) is 0 Å². The monoisotopic (exact) mass is 862 g/mol. The number of pyridine rings is 1. The molecule has 0 bridgehead atoms. The Morgan fingerprint density at radius 3 is 2.22 bits per heavy atom. The first-order valence-corrected chi connectivity index (χ1v) is 18.4. The molecule has 0 amide bonds. The minimum Gasteiger partial charge on any atom is -0.518 e. The Balaban J connectivity index is 0.00000448. The fourth-order valence-electron chi connectivity index (χ4n) is 8.19. The first-order valence-electron chi connectivity index (χ1n) is 18.4. The van der Waals surface area contributed by atoms with Gasteiger partial charge in [-0.3, -0.25) is 4.99 Å². The van der Waals surface area contributed by atoms with Crippen LogP contribution in [0.2, 0.25) is 0 Å². The number of aryl methyl sites for hydroxylation is 2. The number of benzene rings is 3. The van der Waals surface area contributed by atoms with Crippen molar-refractivity contribution in [2.45, 2.75) is 124 Å². The average Bonchev–Trinajstić information content (AvgIpc) is 3.71. The van der Waals surface area contributed by atoms with E-state index in [4.69, 9.17) is 19.5 Å². The Morgan fingerprint density at radius 2 is 1.53 bits per heavy atom. The van der Waals surface area contributed by atoms with Gasteiger partial charge in [-0.15, -0.1) is 29.8 Å². The van der Waals surface area contributed by atoms with Gasteiger partial charge < -0.3 is 14.4 Å². The molecule has 2 aliphatic heterocycles.